The van der Waals surface area contributed by atoms with Crippen LogP contribution in [0.3, 0.4) is 0 Å². The second-order valence-corrected chi connectivity index (χ2v) is 17.0. The number of hydrogen-bond donors (Lipinski definition) is 3. The summed E-state index contributed by atoms with van der Waals surface area (Å²) in [6.45, 7) is 13.5. The lowest BCUT2D eigenvalue weighted by Crippen LogP contribution is -2.58. The van der Waals surface area contributed by atoms with E-state index in [1.54, 1.807) is 20.3 Å². The van der Waals surface area contributed by atoms with Crippen LogP contribution in [0, 0.1) is 29.6 Å². The number of aliphatic hydroxyl groups excluding tert-OH is 1. The van der Waals surface area contributed by atoms with Crippen molar-refractivity contribution >= 4 is 23.4 Å². The lowest BCUT2D eigenvalue weighted by atomic mass is 9.82. The number of hydrogen-bond acceptors (Lipinski definition) is 11. The highest BCUT2D eigenvalue weighted by molar-refractivity contribution is 6.39. The number of ketones is 2. The summed E-state index contributed by atoms with van der Waals surface area (Å²) in [7, 11) is 4.71. The molecular weight excluding hydrogens is 718 g/mol. The van der Waals surface area contributed by atoms with E-state index in [2.05, 4.69) is 19.6 Å². The van der Waals surface area contributed by atoms with Gasteiger partial charge in [0.25, 0.3) is 11.7 Å². The fourth-order valence-electron chi connectivity index (χ4n) is 8.91. The second-order valence-electron chi connectivity index (χ2n) is 17.0. The number of ether oxygens (including phenoxy) is 4. The van der Waals surface area contributed by atoms with E-state index in [9.17, 15) is 34.5 Å². The Morgan fingerprint density at radius 1 is 0.946 bits per heavy atom. The van der Waals surface area contributed by atoms with Gasteiger partial charge in [-0.1, -0.05) is 44.6 Å². The van der Waals surface area contributed by atoms with Crippen LogP contribution in [0.4, 0.5) is 0 Å². The van der Waals surface area contributed by atoms with E-state index in [-0.39, 0.29) is 67.5 Å². The number of nitrogens with zero attached hydrogens (tertiary/aromatic N) is 1. The van der Waals surface area contributed by atoms with E-state index in [1.165, 1.54) is 14.0 Å². The molecule has 318 valence electrons. The maximum atomic E-state index is 14.2. The zero-order valence-corrected chi connectivity index (χ0v) is 35.2. The first-order valence-electron chi connectivity index (χ1n) is 20.7. The standard InChI is InChI=1S/C44H71NO11/c1-10-13-33-21-27(2)20-28(3)22-34(53-7)26-35(54-8)24-31(6)44(51,52)41(48)42(49)45-19-12-11-14-36(45)43(50)56-40(29(4)15-17-37(33)46)30(5)23-32-16-18-38(47)39(25-32)55-9/h10,21,23,28-29,31-36,38-40,47,51-52H,1,11-20,22,24-26H2,2-9H3/b27-21+,30-23+/t28-,29+,31+,32-,33+,34-,35-,36-,38+,39+,40-/m0/s1. The molecule has 12 heteroatoms. The fraction of sp³-hybridized carbons (Fsp3) is 0.773. The molecule has 1 amide bonds. The average Bonchev–Trinajstić information content (AvgIpc) is 3.17. The molecule has 1 saturated heterocycles. The van der Waals surface area contributed by atoms with Gasteiger partial charge in [0, 0.05) is 46.1 Å². The van der Waals surface area contributed by atoms with Crippen molar-refractivity contribution in [2.45, 2.75) is 160 Å². The molecule has 1 saturated carbocycles. The van der Waals surface area contributed by atoms with Gasteiger partial charge in [0.15, 0.2) is 0 Å². The lowest BCUT2D eigenvalue weighted by molar-refractivity contribution is -0.208. The van der Waals surface area contributed by atoms with E-state index in [1.807, 2.05) is 26.8 Å². The average molecular weight is 790 g/mol. The second kappa shape index (κ2) is 22.4. The summed E-state index contributed by atoms with van der Waals surface area (Å²) in [5.41, 5.74) is 1.87. The zero-order valence-electron chi connectivity index (χ0n) is 35.2. The minimum absolute atomic E-state index is 0.0583. The van der Waals surface area contributed by atoms with Crippen LogP contribution in [0.15, 0.2) is 36.0 Å². The SMILES string of the molecule is C=CC[C@@H]1/C=C(\C)C[C@H](C)C[C@H](OC)C[C@@H](OC)C[C@@H](C)C(O)(O)C(=O)C(=O)N2CCCC[C@H]2C(=O)O[C@H](/C(C)=C/[C@@H]2CC[C@@H](O)[C@H](OC)C2)[C@H](C)CCC1=O. The molecule has 0 aromatic carbocycles. The highest BCUT2D eigenvalue weighted by Gasteiger charge is 2.48. The van der Waals surface area contributed by atoms with Crippen molar-refractivity contribution < 1.29 is 53.4 Å². The van der Waals surface area contributed by atoms with Crippen LogP contribution in [0.25, 0.3) is 0 Å². The number of rotatable bonds is 7. The third-order valence-electron chi connectivity index (χ3n) is 12.4. The monoisotopic (exact) mass is 790 g/mol. The van der Waals surface area contributed by atoms with Gasteiger partial charge in [0.1, 0.15) is 17.9 Å². The van der Waals surface area contributed by atoms with Crippen LogP contribution in [0.2, 0.25) is 0 Å². The van der Waals surface area contributed by atoms with Crippen molar-refractivity contribution in [2.75, 3.05) is 27.9 Å². The van der Waals surface area contributed by atoms with Crippen molar-refractivity contribution in [1.29, 1.82) is 0 Å². The number of fused-ring (bicyclic) bond motifs is 1. The van der Waals surface area contributed by atoms with Gasteiger partial charge in [0.2, 0.25) is 5.79 Å². The number of piperidine rings is 1. The molecule has 3 rings (SSSR count). The van der Waals surface area contributed by atoms with Crippen molar-refractivity contribution in [3.8, 4) is 0 Å². The smallest absolute Gasteiger partial charge is 0.329 e. The molecule has 0 aromatic heterocycles. The first-order valence-corrected chi connectivity index (χ1v) is 20.7. The Morgan fingerprint density at radius 2 is 1.62 bits per heavy atom. The Hall–Kier alpha value is -2.74. The van der Waals surface area contributed by atoms with Crippen molar-refractivity contribution in [1.82, 2.24) is 4.90 Å². The van der Waals surface area contributed by atoms with E-state index in [0.717, 1.165) is 28.9 Å². The van der Waals surface area contributed by atoms with Crippen LogP contribution in [0.5, 0.6) is 0 Å². The van der Waals surface area contributed by atoms with E-state index in [4.69, 9.17) is 18.9 Å². The predicted molar refractivity (Wildman–Crippen MR) is 213 cm³/mol. The van der Waals surface area contributed by atoms with Crippen LogP contribution in [-0.4, -0.2) is 114 Å². The number of allylic oxidation sites excluding steroid dienone is 4. The first-order chi connectivity index (χ1) is 26.5. The summed E-state index contributed by atoms with van der Waals surface area (Å²) < 4.78 is 23.4. The molecule has 12 nitrogen and oxygen atoms in total. The topological polar surface area (TPSA) is 169 Å². The zero-order chi connectivity index (χ0) is 41.7. The van der Waals surface area contributed by atoms with Gasteiger partial charge in [-0.05, 0) is 114 Å². The fourth-order valence-corrected chi connectivity index (χ4v) is 8.91. The number of carbonyl (C=O) groups excluding carboxylic acids is 4. The Balaban J connectivity index is 2.03. The van der Waals surface area contributed by atoms with Crippen LogP contribution in [-0.2, 0) is 38.1 Å². The van der Waals surface area contributed by atoms with Gasteiger partial charge < -0.3 is 39.2 Å². The van der Waals surface area contributed by atoms with Crippen molar-refractivity contribution in [3.05, 3.63) is 36.0 Å². The molecule has 2 fully saturated rings. The molecule has 3 N–H and O–H groups in total. The number of carbonyl (C=O) groups is 4. The van der Waals surface area contributed by atoms with Crippen molar-refractivity contribution in [3.63, 3.8) is 0 Å². The van der Waals surface area contributed by atoms with Crippen LogP contribution >= 0.6 is 0 Å². The molecule has 0 unspecified atom stereocenters. The molecule has 0 aromatic rings. The molecular formula is C44H71NO11. The number of Topliss-reactive ketones (excluding diaryl/α,β-unsaturated/α-hetero) is 2. The Morgan fingerprint density at radius 3 is 2.27 bits per heavy atom. The summed E-state index contributed by atoms with van der Waals surface area (Å²) in [5, 5.41) is 32.8. The van der Waals surface area contributed by atoms with E-state index < -0.39 is 53.7 Å². The molecule has 3 aliphatic rings. The third kappa shape index (κ3) is 13.1. The highest BCUT2D eigenvalue weighted by atomic mass is 16.5. The van der Waals surface area contributed by atoms with E-state index >= 15 is 0 Å². The summed E-state index contributed by atoms with van der Waals surface area (Å²) >= 11 is 0. The minimum atomic E-state index is -3.01. The Kier molecular flexibility index (Phi) is 19.1. The number of methoxy groups -OCH3 is 3. The minimum Gasteiger partial charge on any atom is -0.456 e. The summed E-state index contributed by atoms with van der Waals surface area (Å²) in [6, 6.07) is -1.11. The summed E-state index contributed by atoms with van der Waals surface area (Å²) in [4.78, 5) is 56.6. The van der Waals surface area contributed by atoms with Crippen molar-refractivity contribution in [2.24, 2.45) is 29.6 Å². The number of amides is 1. The lowest BCUT2D eigenvalue weighted by Gasteiger charge is -2.37. The van der Waals surface area contributed by atoms with Crippen LogP contribution in [0.1, 0.15) is 118 Å². The summed E-state index contributed by atoms with van der Waals surface area (Å²) in [5.74, 6) is -7.65. The normalized spacial score (nSPS) is 36.6. The van der Waals surface area contributed by atoms with E-state index in [0.29, 0.717) is 51.4 Å². The van der Waals surface area contributed by atoms with Gasteiger partial charge in [-0.25, -0.2) is 4.79 Å². The molecule has 2 aliphatic heterocycles. The van der Waals surface area contributed by atoms with Gasteiger partial charge >= 0.3 is 5.97 Å². The maximum absolute atomic E-state index is 14.2. The highest BCUT2D eigenvalue weighted by Crippen LogP contribution is 2.33. The first kappa shape index (κ1) is 47.6. The number of aliphatic hydroxyl groups is 3. The molecule has 2 heterocycles. The molecule has 11 atom stereocenters. The number of esters is 1. The quantitative estimate of drug-likeness (QED) is 0.126. The van der Waals surface area contributed by atoms with Gasteiger partial charge in [-0.3, -0.25) is 14.4 Å². The number of cyclic esters (lactones) is 1. The summed E-state index contributed by atoms with van der Waals surface area (Å²) in [6.07, 6.45) is 9.87. The largest absolute Gasteiger partial charge is 0.456 e. The third-order valence-corrected chi connectivity index (χ3v) is 12.4. The van der Waals surface area contributed by atoms with Crippen LogP contribution < -0.4 is 0 Å². The molecule has 0 spiro atoms. The molecule has 0 radical (unpaired) electrons. The molecule has 1 aliphatic carbocycles. The molecule has 0 bridgehead atoms. The van der Waals surface area contributed by atoms with Gasteiger partial charge in [-0.15, -0.1) is 6.58 Å². The Labute approximate surface area is 335 Å². The molecule has 56 heavy (non-hydrogen) atoms. The Bertz CT molecular complexity index is 1390. The predicted octanol–water partition coefficient (Wildman–Crippen LogP) is 5.65. The maximum Gasteiger partial charge on any atom is 0.329 e. The van der Waals surface area contributed by atoms with Gasteiger partial charge in [-0.2, -0.15) is 0 Å². The van der Waals surface area contributed by atoms with Gasteiger partial charge in [0.05, 0.1) is 24.4 Å².